The second-order valence-corrected chi connectivity index (χ2v) is 4.89. The molecular weight excluding hydrogens is 222 g/mol. The third-order valence-corrected chi connectivity index (χ3v) is 3.48. The molecule has 1 aliphatic rings. The normalized spacial score (nSPS) is 19.4. The number of hydrogen-bond acceptors (Lipinski definition) is 2. The Labute approximate surface area is 111 Å². The molecule has 0 heterocycles. The van der Waals surface area contributed by atoms with Crippen molar-refractivity contribution in [3.05, 3.63) is 23.9 Å². The monoisotopic (exact) mass is 247 g/mol. The Morgan fingerprint density at radius 3 is 2.67 bits per heavy atom. The molecule has 0 amide bonds. The lowest BCUT2D eigenvalue weighted by Gasteiger charge is -2.20. The first-order chi connectivity index (χ1) is 8.77. The summed E-state index contributed by atoms with van der Waals surface area (Å²) in [5.41, 5.74) is 6.31. The molecule has 0 unspecified atom stereocenters. The van der Waals surface area contributed by atoms with Crippen molar-refractivity contribution in [2.24, 2.45) is 21.6 Å². The van der Waals surface area contributed by atoms with Gasteiger partial charge in [0.25, 0.3) is 0 Å². The molecule has 0 aromatic heterocycles. The molecule has 18 heavy (non-hydrogen) atoms. The first-order valence-electron chi connectivity index (χ1n) is 6.84. The van der Waals surface area contributed by atoms with E-state index in [-0.39, 0.29) is 0 Å². The van der Waals surface area contributed by atoms with Crippen LogP contribution in [0, 0.1) is 5.92 Å². The van der Waals surface area contributed by atoms with Crippen molar-refractivity contribution in [2.75, 3.05) is 6.54 Å². The molecule has 2 N–H and O–H groups in total. The minimum absolute atomic E-state index is 0.740. The van der Waals surface area contributed by atoms with Crippen molar-refractivity contribution >= 4 is 12.6 Å². The molecule has 0 aromatic carbocycles. The predicted octanol–water partition coefficient (Wildman–Crippen LogP) is 3.47. The molecule has 0 aromatic rings. The Morgan fingerprint density at radius 2 is 2.06 bits per heavy atom. The second-order valence-electron chi connectivity index (χ2n) is 4.89. The van der Waals surface area contributed by atoms with Crippen LogP contribution in [0.5, 0.6) is 0 Å². The highest BCUT2D eigenvalue weighted by atomic mass is 14.9. The summed E-state index contributed by atoms with van der Waals surface area (Å²) in [4.78, 5) is 8.51. The van der Waals surface area contributed by atoms with E-state index in [1.807, 2.05) is 13.0 Å². The lowest BCUT2D eigenvalue weighted by atomic mass is 9.87. The summed E-state index contributed by atoms with van der Waals surface area (Å²) in [5, 5.41) is 0. The summed E-state index contributed by atoms with van der Waals surface area (Å²) >= 11 is 0. The average molecular weight is 247 g/mol. The highest BCUT2D eigenvalue weighted by molar-refractivity contribution is 6.00. The number of hydrogen-bond donors (Lipinski definition) is 1. The van der Waals surface area contributed by atoms with Gasteiger partial charge in [0.15, 0.2) is 0 Å². The highest BCUT2D eigenvalue weighted by Gasteiger charge is 2.12. The summed E-state index contributed by atoms with van der Waals surface area (Å²) in [6.07, 6.45) is 13.3. The lowest BCUT2D eigenvalue weighted by Crippen LogP contribution is -2.08. The number of allylic oxidation sites excluding steroid dienone is 2. The molecule has 0 spiro atoms. The molecule has 0 atom stereocenters. The molecule has 1 saturated carbocycles. The summed E-state index contributed by atoms with van der Waals surface area (Å²) in [5.74, 6) is 1.60. The Morgan fingerprint density at radius 1 is 1.33 bits per heavy atom. The second kappa shape index (κ2) is 8.67. The van der Waals surface area contributed by atoms with E-state index in [9.17, 15) is 0 Å². The van der Waals surface area contributed by atoms with Gasteiger partial charge >= 0.3 is 0 Å². The van der Waals surface area contributed by atoms with Gasteiger partial charge in [-0.25, -0.2) is 4.99 Å². The quantitative estimate of drug-likeness (QED) is 0.451. The van der Waals surface area contributed by atoms with Gasteiger partial charge in [-0.1, -0.05) is 38.2 Å². The zero-order valence-electron chi connectivity index (χ0n) is 11.4. The number of nitrogens with zero attached hydrogens (tertiary/aromatic N) is 2. The first-order valence-corrected chi connectivity index (χ1v) is 6.84. The topological polar surface area (TPSA) is 50.7 Å². The summed E-state index contributed by atoms with van der Waals surface area (Å²) in [6.45, 7) is 6.42. The summed E-state index contributed by atoms with van der Waals surface area (Å²) < 4.78 is 0. The molecule has 3 nitrogen and oxygen atoms in total. The minimum Gasteiger partial charge on any atom is -0.405 e. The largest absolute Gasteiger partial charge is 0.405 e. The van der Waals surface area contributed by atoms with E-state index in [2.05, 4.69) is 16.7 Å². The number of nitrogens with two attached hydrogens (primary N) is 1. The molecule has 1 rings (SSSR count). The molecule has 0 radical (unpaired) electrons. The molecule has 100 valence electrons. The van der Waals surface area contributed by atoms with Gasteiger partial charge in [0, 0.05) is 6.54 Å². The third kappa shape index (κ3) is 5.30. The van der Waals surface area contributed by atoms with E-state index in [1.165, 1.54) is 44.7 Å². The maximum atomic E-state index is 5.30. The maximum Gasteiger partial charge on any atom is 0.149 e. The van der Waals surface area contributed by atoms with Crippen molar-refractivity contribution in [1.82, 2.24) is 0 Å². The number of aliphatic imine (C=N–C) groups is 2. The van der Waals surface area contributed by atoms with Crippen molar-refractivity contribution in [3.63, 3.8) is 0 Å². The molecule has 0 bridgehead atoms. The van der Waals surface area contributed by atoms with Crippen LogP contribution in [-0.2, 0) is 0 Å². The van der Waals surface area contributed by atoms with Crippen LogP contribution < -0.4 is 5.73 Å². The Balaban J connectivity index is 2.44. The van der Waals surface area contributed by atoms with Gasteiger partial charge in [-0.3, -0.25) is 4.99 Å². The zero-order chi connectivity index (χ0) is 13.2. The number of amidine groups is 1. The van der Waals surface area contributed by atoms with Crippen LogP contribution in [-0.4, -0.2) is 19.1 Å². The SMILES string of the molecule is C=NC(=NCCC1CCCCC1)/C(C)=C/C=C\N. The molecule has 0 saturated heterocycles. The maximum absolute atomic E-state index is 5.30. The van der Waals surface area contributed by atoms with E-state index in [0.29, 0.717) is 0 Å². The minimum atomic E-state index is 0.740. The third-order valence-electron chi connectivity index (χ3n) is 3.48. The van der Waals surface area contributed by atoms with Gasteiger partial charge in [-0.05, 0) is 43.8 Å². The van der Waals surface area contributed by atoms with Crippen LogP contribution in [0.4, 0.5) is 0 Å². The number of rotatable bonds is 5. The molecular formula is C15H25N3. The molecule has 3 heteroatoms. The van der Waals surface area contributed by atoms with Crippen LogP contribution in [0.1, 0.15) is 45.4 Å². The van der Waals surface area contributed by atoms with E-state index in [4.69, 9.17) is 5.73 Å². The van der Waals surface area contributed by atoms with Gasteiger partial charge in [0.1, 0.15) is 5.84 Å². The van der Waals surface area contributed by atoms with Gasteiger partial charge in [-0.2, -0.15) is 0 Å². The van der Waals surface area contributed by atoms with Crippen molar-refractivity contribution in [3.8, 4) is 0 Å². The Bertz CT molecular complexity index is 334. The fraction of sp³-hybridized carbons (Fsp3) is 0.600. The standard InChI is InChI=1S/C15H25N3/c1-13(7-6-11-16)15(17-2)18-12-10-14-8-4-3-5-9-14/h6-7,11,14H,2-5,8-10,12,16H2,1H3/b11-6-,13-7+,18-15?. The van der Waals surface area contributed by atoms with Crippen LogP contribution >= 0.6 is 0 Å². The van der Waals surface area contributed by atoms with Gasteiger partial charge in [0.05, 0.1) is 0 Å². The van der Waals surface area contributed by atoms with Crippen LogP contribution in [0.3, 0.4) is 0 Å². The fourth-order valence-electron chi connectivity index (χ4n) is 2.40. The smallest absolute Gasteiger partial charge is 0.149 e. The molecule has 1 aliphatic carbocycles. The van der Waals surface area contributed by atoms with Crippen LogP contribution in [0.2, 0.25) is 0 Å². The van der Waals surface area contributed by atoms with E-state index >= 15 is 0 Å². The molecule has 0 aliphatic heterocycles. The van der Waals surface area contributed by atoms with Gasteiger partial charge in [-0.15, -0.1) is 0 Å². The van der Waals surface area contributed by atoms with Crippen molar-refractivity contribution < 1.29 is 0 Å². The van der Waals surface area contributed by atoms with Gasteiger partial charge in [0.2, 0.25) is 0 Å². The van der Waals surface area contributed by atoms with E-state index in [0.717, 1.165) is 23.9 Å². The van der Waals surface area contributed by atoms with Gasteiger partial charge < -0.3 is 5.73 Å². The lowest BCUT2D eigenvalue weighted by molar-refractivity contribution is 0.343. The van der Waals surface area contributed by atoms with Crippen LogP contribution in [0.15, 0.2) is 33.9 Å². The summed E-state index contributed by atoms with van der Waals surface area (Å²) in [7, 11) is 0. The van der Waals surface area contributed by atoms with Crippen molar-refractivity contribution in [2.45, 2.75) is 45.4 Å². The Hall–Kier alpha value is -1.38. The fourth-order valence-corrected chi connectivity index (χ4v) is 2.40. The first kappa shape index (κ1) is 14.7. The van der Waals surface area contributed by atoms with E-state index in [1.54, 1.807) is 6.08 Å². The predicted molar refractivity (Wildman–Crippen MR) is 80.1 cm³/mol. The summed E-state index contributed by atoms with van der Waals surface area (Å²) in [6, 6.07) is 0. The van der Waals surface area contributed by atoms with Crippen molar-refractivity contribution in [1.29, 1.82) is 0 Å². The molecule has 1 fully saturated rings. The van der Waals surface area contributed by atoms with Crippen LogP contribution in [0.25, 0.3) is 0 Å². The zero-order valence-corrected chi connectivity index (χ0v) is 11.4. The average Bonchev–Trinajstić information content (AvgIpc) is 2.42. The highest BCUT2D eigenvalue weighted by Crippen LogP contribution is 2.26. The Kier molecular flexibility index (Phi) is 7.07. The van der Waals surface area contributed by atoms with E-state index < -0.39 is 0 Å².